The molecule has 0 fully saturated rings. The minimum Gasteiger partial charge on any atom is -0.478 e. The van der Waals surface area contributed by atoms with E-state index in [1.165, 1.54) is 10.6 Å². The molecule has 2 aromatic carbocycles. The summed E-state index contributed by atoms with van der Waals surface area (Å²) < 4.78 is 2.00. The molecule has 0 radical (unpaired) electrons. The first-order valence-electron chi connectivity index (χ1n) is 5.91. The molecule has 7 heteroatoms. The molecular weight excluding hydrogens is 360 g/mol. The fourth-order valence-electron chi connectivity index (χ4n) is 2.20. The maximum absolute atomic E-state index is 12.2. The van der Waals surface area contributed by atoms with E-state index in [0.29, 0.717) is 26.2 Å². The fourth-order valence-corrected chi connectivity index (χ4v) is 2.62. The first kappa shape index (κ1) is 13.9. The third kappa shape index (κ3) is 2.26. The van der Waals surface area contributed by atoms with Crippen molar-refractivity contribution >= 4 is 44.5 Å². The summed E-state index contributed by atoms with van der Waals surface area (Å²) in [6.45, 7) is 0. The lowest BCUT2D eigenvalue weighted by Crippen LogP contribution is -2.15. The molecule has 0 aliphatic carbocycles. The average molecular weight is 368 g/mol. The van der Waals surface area contributed by atoms with Gasteiger partial charge < -0.3 is 10.1 Å². The van der Waals surface area contributed by atoms with E-state index in [4.69, 9.17) is 11.6 Å². The Morgan fingerprint density at radius 2 is 2.05 bits per heavy atom. The Balaban J connectivity index is 2.41. The van der Waals surface area contributed by atoms with Gasteiger partial charge in [0.1, 0.15) is 0 Å². The first-order chi connectivity index (χ1) is 9.99. The van der Waals surface area contributed by atoms with Crippen LogP contribution in [0.1, 0.15) is 10.4 Å². The highest BCUT2D eigenvalue weighted by Crippen LogP contribution is 2.26. The van der Waals surface area contributed by atoms with Gasteiger partial charge in [-0.05, 0) is 46.3 Å². The van der Waals surface area contributed by atoms with Crippen LogP contribution in [0.25, 0.3) is 16.7 Å². The minimum atomic E-state index is -1.10. The Morgan fingerprint density at radius 1 is 1.29 bits per heavy atom. The van der Waals surface area contributed by atoms with Crippen LogP contribution in [0.5, 0.6) is 0 Å². The lowest BCUT2D eigenvalue weighted by Gasteiger charge is -2.07. The number of para-hydroxylation sites is 1. The average Bonchev–Trinajstić information content (AvgIpc) is 2.77. The highest BCUT2D eigenvalue weighted by molar-refractivity contribution is 9.10. The molecule has 5 nitrogen and oxygen atoms in total. The number of hydrogen-bond donors (Lipinski definition) is 2. The van der Waals surface area contributed by atoms with Crippen LogP contribution in [-0.4, -0.2) is 20.6 Å². The minimum absolute atomic E-state index is 0.0462. The molecule has 21 heavy (non-hydrogen) atoms. The third-order valence-corrected chi connectivity index (χ3v) is 4.33. The summed E-state index contributed by atoms with van der Waals surface area (Å²) in [6.07, 6.45) is 0. The molecule has 0 amide bonds. The largest absolute Gasteiger partial charge is 0.478 e. The first-order valence-corrected chi connectivity index (χ1v) is 7.08. The molecule has 1 heterocycles. The van der Waals surface area contributed by atoms with E-state index in [0.717, 1.165) is 0 Å². The van der Waals surface area contributed by atoms with Crippen molar-refractivity contribution < 1.29 is 9.90 Å². The van der Waals surface area contributed by atoms with Gasteiger partial charge in [-0.1, -0.05) is 17.7 Å². The van der Waals surface area contributed by atoms with Gasteiger partial charge in [0.2, 0.25) is 0 Å². The standard InChI is InChI=1S/C14H8BrClN2O3/c15-9-5-4-7(6-10(9)16)18-12-8(13(19)20)2-1-3-11(12)17-14(18)21/h1-6H,(H,17,21)(H,19,20). The monoisotopic (exact) mass is 366 g/mol. The molecule has 0 spiro atoms. The van der Waals surface area contributed by atoms with Crippen molar-refractivity contribution in [2.75, 3.05) is 0 Å². The number of H-pyrrole nitrogens is 1. The van der Waals surface area contributed by atoms with Crippen LogP contribution in [0.2, 0.25) is 5.02 Å². The molecule has 0 unspecified atom stereocenters. The lowest BCUT2D eigenvalue weighted by atomic mass is 10.2. The summed E-state index contributed by atoms with van der Waals surface area (Å²) in [5.74, 6) is -1.10. The van der Waals surface area contributed by atoms with Crippen molar-refractivity contribution in [3.63, 3.8) is 0 Å². The van der Waals surface area contributed by atoms with Gasteiger partial charge in [-0.15, -0.1) is 0 Å². The van der Waals surface area contributed by atoms with Crippen LogP contribution in [0.3, 0.4) is 0 Å². The number of nitrogens with one attached hydrogen (secondary N) is 1. The van der Waals surface area contributed by atoms with Crippen LogP contribution in [-0.2, 0) is 0 Å². The van der Waals surface area contributed by atoms with Gasteiger partial charge in [0.25, 0.3) is 0 Å². The van der Waals surface area contributed by atoms with Crippen LogP contribution < -0.4 is 5.69 Å². The Kier molecular flexibility index (Phi) is 3.35. The summed E-state index contributed by atoms with van der Waals surface area (Å²) in [4.78, 5) is 26.2. The van der Waals surface area contributed by atoms with E-state index in [-0.39, 0.29) is 5.56 Å². The van der Waals surface area contributed by atoms with Crippen LogP contribution in [0.15, 0.2) is 45.7 Å². The maximum Gasteiger partial charge on any atom is 0.337 e. The molecule has 0 aliphatic heterocycles. The highest BCUT2D eigenvalue weighted by atomic mass is 79.9. The predicted octanol–water partition coefficient (Wildman–Crippen LogP) is 3.43. The number of aromatic nitrogens is 2. The lowest BCUT2D eigenvalue weighted by molar-refractivity contribution is 0.0698. The summed E-state index contributed by atoms with van der Waals surface area (Å²) in [6, 6.07) is 9.67. The molecule has 3 rings (SSSR count). The molecule has 1 aromatic heterocycles. The van der Waals surface area contributed by atoms with Gasteiger partial charge >= 0.3 is 11.7 Å². The topological polar surface area (TPSA) is 75.1 Å². The molecule has 0 saturated carbocycles. The Hall–Kier alpha value is -2.05. The van der Waals surface area contributed by atoms with Crippen molar-refractivity contribution in [3.8, 4) is 5.69 Å². The zero-order valence-electron chi connectivity index (χ0n) is 10.4. The van der Waals surface area contributed by atoms with Gasteiger partial charge in [-0.2, -0.15) is 0 Å². The molecule has 0 atom stereocenters. The number of fused-ring (bicyclic) bond motifs is 1. The quantitative estimate of drug-likeness (QED) is 0.728. The molecule has 0 aliphatic rings. The number of hydrogen-bond acceptors (Lipinski definition) is 2. The Labute approximate surface area is 131 Å². The Morgan fingerprint density at radius 3 is 2.71 bits per heavy atom. The number of aromatic carboxylic acids is 1. The van der Waals surface area contributed by atoms with Gasteiger partial charge in [-0.3, -0.25) is 4.57 Å². The van der Waals surface area contributed by atoms with Gasteiger partial charge in [-0.25, -0.2) is 9.59 Å². The van der Waals surface area contributed by atoms with Crippen molar-refractivity contribution in [1.82, 2.24) is 9.55 Å². The number of imidazole rings is 1. The summed E-state index contributed by atoms with van der Waals surface area (Å²) >= 11 is 9.33. The summed E-state index contributed by atoms with van der Waals surface area (Å²) in [5, 5.41) is 9.73. The SMILES string of the molecule is O=C(O)c1cccc2[nH]c(=O)n(-c3ccc(Br)c(Cl)c3)c12. The fraction of sp³-hybridized carbons (Fsp3) is 0. The van der Waals surface area contributed by atoms with E-state index in [9.17, 15) is 14.7 Å². The van der Waals surface area contributed by atoms with Crippen molar-refractivity contribution in [3.05, 3.63) is 61.9 Å². The second-order valence-corrected chi connectivity index (χ2v) is 5.63. The number of carboxylic acids is 1. The van der Waals surface area contributed by atoms with Gasteiger partial charge in [0, 0.05) is 4.47 Å². The number of rotatable bonds is 2. The molecule has 3 aromatic rings. The van der Waals surface area contributed by atoms with Gasteiger partial charge in [0.05, 0.1) is 27.3 Å². The van der Waals surface area contributed by atoms with Crippen molar-refractivity contribution in [2.24, 2.45) is 0 Å². The van der Waals surface area contributed by atoms with Crippen LogP contribution in [0, 0.1) is 0 Å². The van der Waals surface area contributed by atoms with E-state index < -0.39 is 11.7 Å². The van der Waals surface area contributed by atoms with Crippen molar-refractivity contribution in [2.45, 2.75) is 0 Å². The zero-order valence-corrected chi connectivity index (χ0v) is 12.8. The molecule has 2 N–H and O–H groups in total. The Bertz CT molecular complexity index is 930. The van der Waals surface area contributed by atoms with Gasteiger partial charge in [0.15, 0.2) is 0 Å². The maximum atomic E-state index is 12.2. The van der Waals surface area contributed by atoms with Crippen LogP contribution >= 0.6 is 27.5 Å². The number of aromatic amines is 1. The van der Waals surface area contributed by atoms with Crippen molar-refractivity contribution in [1.29, 1.82) is 0 Å². The number of halogens is 2. The second kappa shape index (κ2) is 5.05. The van der Waals surface area contributed by atoms with E-state index in [1.54, 1.807) is 30.3 Å². The summed E-state index contributed by atoms with van der Waals surface area (Å²) in [5.41, 5.74) is 0.891. The molecule has 106 valence electrons. The van der Waals surface area contributed by atoms with E-state index >= 15 is 0 Å². The third-order valence-electron chi connectivity index (χ3n) is 3.10. The second-order valence-electron chi connectivity index (χ2n) is 4.37. The summed E-state index contributed by atoms with van der Waals surface area (Å²) in [7, 11) is 0. The molecular formula is C14H8BrClN2O3. The number of carbonyl (C=O) groups is 1. The number of benzene rings is 2. The number of nitrogens with zero attached hydrogens (tertiary/aromatic N) is 1. The number of carboxylic acid groups (broad SMARTS) is 1. The van der Waals surface area contributed by atoms with Crippen LogP contribution in [0.4, 0.5) is 0 Å². The van der Waals surface area contributed by atoms with E-state index in [1.807, 2.05) is 0 Å². The normalized spacial score (nSPS) is 11.0. The highest BCUT2D eigenvalue weighted by Gasteiger charge is 2.17. The smallest absolute Gasteiger partial charge is 0.337 e. The predicted molar refractivity (Wildman–Crippen MR) is 83.6 cm³/mol. The van der Waals surface area contributed by atoms with E-state index in [2.05, 4.69) is 20.9 Å². The zero-order chi connectivity index (χ0) is 15.1. The molecule has 0 bridgehead atoms. The molecule has 0 saturated heterocycles.